The number of fused-ring (bicyclic) bond motifs is 3. The third-order valence-electron chi connectivity index (χ3n) is 9.89. The van der Waals surface area contributed by atoms with Gasteiger partial charge in [0.05, 0.1) is 11.0 Å². The molecule has 9 aromatic rings. The summed E-state index contributed by atoms with van der Waals surface area (Å²) in [5.41, 5.74) is 16.5. The molecule has 0 radical (unpaired) electrons. The molecule has 0 fully saturated rings. The fourth-order valence-corrected chi connectivity index (χ4v) is 7.20. The number of aryl methyl sites for hydroxylation is 1. The van der Waals surface area contributed by atoms with E-state index in [1.165, 1.54) is 71.9 Å². The molecule has 0 saturated carbocycles. The molecule has 0 spiro atoms. The lowest BCUT2D eigenvalue weighted by molar-refractivity contribution is 1.18. The lowest BCUT2D eigenvalue weighted by Crippen LogP contribution is -1.95. The molecule has 2 nitrogen and oxygen atoms in total. The Labute approximate surface area is 298 Å². The van der Waals surface area contributed by atoms with Crippen molar-refractivity contribution in [3.63, 3.8) is 0 Å². The van der Waals surface area contributed by atoms with E-state index in [4.69, 9.17) is 0 Å². The molecule has 9 rings (SSSR count). The highest BCUT2D eigenvalue weighted by molar-refractivity contribution is 6.10. The molecule has 0 bridgehead atoms. The van der Waals surface area contributed by atoms with Crippen molar-refractivity contribution in [2.45, 2.75) is 6.92 Å². The molecule has 1 heterocycles. The van der Waals surface area contributed by atoms with Crippen LogP contribution in [0.2, 0.25) is 0 Å². The van der Waals surface area contributed by atoms with Gasteiger partial charge in [0.1, 0.15) is 0 Å². The number of anilines is 2. The summed E-state index contributed by atoms with van der Waals surface area (Å²) in [7, 11) is 0. The minimum atomic E-state index is 1.06. The van der Waals surface area contributed by atoms with Gasteiger partial charge < -0.3 is 9.88 Å². The molecule has 51 heavy (non-hydrogen) atoms. The molecule has 0 unspecified atom stereocenters. The Balaban J connectivity index is 1.10. The lowest BCUT2D eigenvalue weighted by atomic mass is 9.95. The van der Waals surface area contributed by atoms with E-state index in [0.717, 1.165) is 17.1 Å². The van der Waals surface area contributed by atoms with Crippen LogP contribution in [-0.4, -0.2) is 4.57 Å². The minimum Gasteiger partial charge on any atom is -0.355 e. The van der Waals surface area contributed by atoms with Crippen molar-refractivity contribution < 1.29 is 0 Å². The van der Waals surface area contributed by atoms with Crippen LogP contribution < -0.4 is 5.32 Å². The zero-order chi connectivity index (χ0) is 34.1. The van der Waals surface area contributed by atoms with Gasteiger partial charge in [-0.1, -0.05) is 145 Å². The molecule has 0 atom stereocenters. The number of hydrogen-bond acceptors (Lipinski definition) is 1. The maximum Gasteiger partial charge on any atom is 0.0541 e. The van der Waals surface area contributed by atoms with Crippen LogP contribution in [0.4, 0.5) is 11.4 Å². The van der Waals surface area contributed by atoms with Crippen LogP contribution in [0.1, 0.15) is 5.56 Å². The van der Waals surface area contributed by atoms with E-state index in [0.29, 0.717) is 0 Å². The van der Waals surface area contributed by atoms with E-state index in [2.05, 4.69) is 211 Å². The molecular formula is C49H36N2. The van der Waals surface area contributed by atoms with Crippen molar-refractivity contribution in [1.29, 1.82) is 0 Å². The highest BCUT2D eigenvalue weighted by atomic mass is 15.0. The van der Waals surface area contributed by atoms with Crippen molar-refractivity contribution in [2.24, 2.45) is 0 Å². The molecule has 0 saturated heterocycles. The summed E-state index contributed by atoms with van der Waals surface area (Å²) in [6, 6.07) is 69.9. The van der Waals surface area contributed by atoms with E-state index in [1.54, 1.807) is 0 Å². The highest BCUT2D eigenvalue weighted by Crippen LogP contribution is 2.39. The number of aromatic nitrogens is 1. The summed E-state index contributed by atoms with van der Waals surface area (Å²) in [4.78, 5) is 0. The first kappa shape index (κ1) is 30.4. The van der Waals surface area contributed by atoms with Gasteiger partial charge in [-0.2, -0.15) is 0 Å². The van der Waals surface area contributed by atoms with Crippen LogP contribution >= 0.6 is 0 Å². The maximum atomic E-state index is 3.73. The smallest absolute Gasteiger partial charge is 0.0541 e. The van der Waals surface area contributed by atoms with E-state index in [-0.39, 0.29) is 0 Å². The minimum absolute atomic E-state index is 1.06. The number of hydrogen-bond donors (Lipinski definition) is 1. The highest BCUT2D eigenvalue weighted by Gasteiger charge is 2.15. The predicted octanol–water partition coefficient (Wildman–Crippen LogP) is 13.5. The van der Waals surface area contributed by atoms with Gasteiger partial charge >= 0.3 is 0 Å². The Morgan fingerprint density at radius 3 is 1.57 bits per heavy atom. The summed E-state index contributed by atoms with van der Waals surface area (Å²) in [6.07, 6.45) is 0. The molecule has 0 aliphatic heterocycles. The van der Waals surface area contributed by atoms with E-state index in [1.807, 2.05) is 0 Å². The molecule has 0 aliphatic carbocycles. The van der Waals surface area contributed by atoms with Crippen LogP contribution in [0.5, 0.6) is 0 Å². The second-order valence-corrected chi connectivity index (χ2v) is 13.2. The summed E-state index contributed by atoms with van der Waals surface area (Å²) in [5.74, 6) is 0. The van der Waals surface area contributed by atoms with Crippen LogP contribution in [0.25, 0.3) is 72.0 Å². The van der Waals surface area contributed by atoms with Crippen LogP contribution in [0, 0.1) is 6.92 Å². The Hall–Kier alpha value is -6.64. The fraction of sp³-hybridized carbons (Fsp3) is 0.0204. The van der Waals surface area contributed by atoms with Gasteiger partial charge in [0.25, 0.3) is 0 Å². The first-order valence-electron chi connectivity index (χ1n) is 17.5. The number of nitrogens with one attached hydrogen (secondary N) is 1. The number of rotatable bonds is 7. The molecular weight excluding hydrogens is 617 g/mol. The van der Waals surface area contributed by atoms with Gasteiger partial charge in [-0.3, -0.25) is 0 Å². The first-order valence-corrected chi connectivity index (χ1v) is 17.5. The largest absolute Gasteiger partial charge is 0.355 e. The lowest BCUT2D eigenvalue weighted by Gasteiger charge is -2.16. The van der Waals surface area contributed by atoms with Gasteiger partial charge in [-0.15, -0.1) is 0 Å². The summed E-state index contributed by atoms with van der Waals surface area (Å²) < 4.78 is 2.39. The quantitative estimate of drug-likeness (QED) is 0.181. The van der Waals surface area contributed by atoms with Crippen molar-refractivity contribution in [3.05, 3.63) is 200 Å². The zero-order valence-corrected chi connectivity index (χ0v) is 28.4. The second-order valence-electron chi connectivity index (χ2n) is 13.2. The Morgan fingerprint density at radius 1 is 0.373 bits per heavy atom. The van der Waals surface area contributed by atoms with Crippen LogP contribution in [0.15, 0.2) is 194 Å². The normalized spacial score (nSPS) is 11.2. The van der Waals surface area contributed by atoms with E-state index in [9.17, 15) is 0 Å². The Kier molecular flexibility index (Phi) is 7.75. The SMILES string of the molecule is Cc1ccc(-c2cc(-c3ccc4c(c3)c3ccccc3n4-c3ccc(-c4ccccc4)cc3)ccc2Nc2ccc(-c3ccccc3)cc2)cc1. The van der Waals surface area contributed by atoms with Gasteiger partial charge in [-0.05, 0) is 100 Å². The fourth-order valence-electron chi connectivity index (χ4n) is 7.20. The van der Waals surface area contributed by atoms with Crippen molar-refractivity contribution in [3.8, 4) is 50.2 Å². The maximum absolute atomic E-state index is 3.73. The number of nitrogens with zero attached hydrogens (tertiary/aromatic N) is 1. The summed E-state index contributed by atoms with van der Waals surface area (Å²) in [5, 5.41) is 6.22. The van der Waals surface area contributed by atoms with Gasteiger partial charge in [0.2, 0.25) is 0 Å². The standard InChI is InChI=1S/C49H36N2/c1-34-16-18-39(19-17-34)45-32-40(24-30-47(45)50-42-26-20-37(21-27-42)35-10-4-2-5-11-35)41-25-31-49-46(33-41)44-14-8-9-15-48(44)51(49)43-28-22-38(23-29-43)36-12-6-3-7-13-36/h2-33,50H,1H3. The average molecular weight is 653 g/mol. The van der Waals surface area contributed by atoms with Crippen molar-refractivity contribution in [1.82, 2.24) is 4.57 Å². The van der Waals surface area contributed by atoms with Crippen molar-refractivity contribution in [2.75, 3.05) is 5.32 Å². The predicted molar refractivity (Wildman–Crippen MR) is 217 cm³/mol. The molecule has 8 aromatic carbocycles. The average Bonchev–Trinajstić information content (AvgIpc) is 3.53. The van der Waals surface area contributed by atoms with Gasteiger partial charge in [0.15, 0.2) is 0 Å². The number of para-hydroxylation sites is 1. The number of benzene rings is 8. The monoisotopic (exact) mass is 652 g/mol. The van der Waals surface area contributed by atoms with Gasteiger partial charge in [0, 0.05) is 33.4 Å². The zero-order valence-electron chi connectivity index (χ0n) is 28.4. The molecule has 0 amide bonds. The second kappa shape index (κ2) is 13.0. The Morgan fingerprint density at radius 2 is 0.882 bits per heavy atom. The van der Waals surface area contributed by atoms with Crippen LogP contribution in [0.3, 0.4) is 0 Å². The first-order chi connectivity index (χ1) is 25.2. The molecule has 1 aromatic heterocycles. The van der Waals surface area contributed by atoms with Gasteiger partial charge in [-0.25, -0.2) is 0 Å². The van der Waals surface area contributed by atoms with E-state index >= 15 is 0 Å². The Bertz CT molecular complexity index is 2620. The molecule has 1 N–H and O–H groups in total. The van der Waals surface area contributed by atoms with E-state index < -0.39 is 0 Å². The van der Waals surface area contributed by atoms with Crippen molar-refractivity contribution >= 4 is 33.2 Å². The molecule has 2 heteroatoms. The summed E-state index contributed by atoms with van der Waals surface area (Å²) >= 11 is 0. The molecule has 242 valence electrons. The third kappa shape index (κ3) is 5.88. The third-order valence-corrected chi connectivity index (χ3v) is 9.89. The molecule has 0 aliphatic rings. The summed E-state index contributed by atoms with van der Waals surface area (Å²) in [6.45, 7) is 2.14. The van der Waals surface area contributed by atoms with Crippen LogP contribution in [-0.2, 0) is 0 Å². The topological polar surface area (TPSA) is 17.0 Å².